The number of anilines is 1. The van der Waals surface area contributed by atoms with Crippen LogP contribution in [-0.2, 0) is 7.05 Å². The molecular weight excluding hydrogens is 278 g/mol. The predicted molar refractivity (Wildman–Crippen MR) is 76.1 cm³/mol. The van der Waals surface area contributed by atoms with Gasteiger partial charge in [-0.25, -0.2) is 14.2 Å². The van der Waals surface area contributed by atoms with Crippen molar-refractivity contribution in [2.24, 2.45) is 7.05 Å². The Hall–Kier alpha value is -2.97. The van der Waals surface area contributed by atoms with E-state index in [0.29, 0.717) is 0 Å². The average molecular weight is 291 g/mol. The molecule has 9 heteroatoms. The molecule has 2 rings (SSSR count). The van der Waals surface area contributed by atoms with Gasteiger partial charge in [0.25, 0.3) is 5.69 Å². The SMILES string of the molecule is CN(C)c1nc(=O)n(-c2cccc([N+](=O)[O-])c2)c(=O)n1C. The maximum absolute atomic E-state index is 12.3. The number of rotatable bonds is 3. The van der Waals surface area contributed by atoms with E-state index in [1.165, 1.54) is 34.7 Å². The average Bonchev–Trinajstić information content (AvgIpc) is 2.43. The molecule has 0 spiro atoms. The Kier molecular flexibility index (Phi) is 3.57. The van der Waals surface area contributed by atoms with Crippen LogP contribution >= 0.6 is 0 Å². The second-order valence-corrected chi connectivity index (χ2v) is 4.54. The van der Waals surface area contributed by atoms with Crippen LogP contribution in [0.4, 0.5) is 11.6 Å². The van der Waals surface area contributed by atoms with Crippen LogP contribution in [0.5, 0.6) is 0 Å². The topological polar surface area (TPSA) is 103 Å². The zero-order valence-electron chi connectivity index (χ0n) is 11.7. The summed E-state index contributed by atoms with van der Waals surface area (Å²) in [6.45, 7) is 0. The van der Waals surface area contributed by atoms with E-state index in [0.717, 1.165) is 10.6 Å². The third-order valence-corrected chi connectivity index (χ3v) is 2.86. The molecule has 0 unspecified atom stereocenters. The summed E-state index contributed by atoms with van der Waals surface area (Å²) in [4.78, 5) is 39.8. The standard InChI is InChI=1S/C12H13N5O4/c1-14(2)10-13-11(18)16(12(19)15(10)3)8-5-4-6-9(7-8)17(20)21/h4-7H,1-3H3. The van der Waals surface area contributed by atoms with Crippen LogP contribution in [-0.4, -0.2) is 33.1 Å². The van der Waals surface area contributed by atoms with Gasteiger partial charge in [-0.1, -0.05) is 6.07 Å². The zero-order valence-corrected chi connectivity index (χ0v) is 11.7. The lowest BCUT2D eigenvalue weighted by Gasteiger charge is -2.15. The predicted octanol–water partition coefficient (Wildman–Crippen LogP) is -0.0946. The lowest BCUT2D eigenvalue weighted by Crippen LogP contribution is -2.42. The molecule has 0 N–H and O–H groups in total. The molecule has 1 heterocycles. The number of nitro groups is 1. The second-order valence-electron chi connectivity index (χ2n) is 4.54. The smallest absolute Gasteiger partial charge is 0.348 e. The van der Waals surface area contributed by atoms with Gasteiger partial charge in [-0.3, -0.25) is 14.7 Å². The number of nitrogens with zero attached hydrogens (tertiary/aromatic N) is 5. The van der Waals surface area contributed by atoms with Gasteiger partial charge in [0.2, 0.25) is 5.95 Å². The highest BCUT2D eigenvalue weighted by Gasteiger charge is 2.15. The molecular formula is C12H13N5O4. The number of aromatic nitrogens is 3. The molecule has 0 amide bonds. The normalized spacial score (nSPS) is 10.4. The molecule has 0 aliphatic rings. The largest absolute Gasteiger partial charge is 0.359 e. The van der Waals surface area contributed by atoms with Gasteiger partial charge >= 0.3 is 11.4 Å². The van der Waals surface area contributed by atoms with Crippen LogP contribution in [0.15, 0.2) is 33.9 Å². The zero-order chi connectivity index (χ0) is 15.7. The van der Waals surface area contributed by atoms with Crippen LogP contribution < -0.4 is 16.3 Å². The van der Waals surface area contributed by atoms with E-state index < -0.39 is 16.3 Å². The van der Waals surface area contributed by atoms with E-state index in [1.807, 2.05) is 0 Å². The van der Waals surface area contributed by atoms with Gasteiger partial charge in [0.05, 0.1) is 10.6 Å². The fourth-order valence-electron chi connectivity index (χ4n) is 1.89. The van der Waals surface area contributed by atoms with Crippen molar-refractivity contribution in [3.05, 3.63) is 55.3 Å². The summed E-state index contributed by atoms with van der Waals surface area (Å²) >= 11 is 0. The number of hydrogen-bond acceptors (Lipinski definition) is 6. The van der Waals surface area contributed by atoms with Crippen LogP contribution in [0.3, 0.4) is 0 Å². The van der Waals surface area contributed by atoms with Gasteiger partial charge in [0, 0.05) is 33.3 Å². The molecule has 0 saturated heterocycles. The molecule has 0 atom stereocenters. The molecule has 1 aromatic heterocycles. The molecule has 110 valence electrons. The molecule has 0 fully saturated rings. The first-order valence-electron chi connectivity index (χ1n) is 5.95. The van der Waals surface area contributed by atoms with E-state index >= 15 is 0 Å². The van der Waals surface area contributed by atoms with Gasteiger partial charge in [-0.2, -0.15) is 4.98 Å². The number of hydrogen-bond donors (Lipinski definition) is 0. The van der Waals surface area contributed by atoms with Crippen molar-refractivity contribution < 1.29 is 4.92 Å². The number of benzene rings is 1. The fourth-order valence-corrected chi connectivity index (χ4v) is 1.89. The molecule has 0 radical (unpaired) electrons. The van der Waals surface area contributed by atoms with Gasteiger partial charge in [0.15, 0.2) is 0 Å². The minimum Gasteiger partial charge on any atom is -0.348 e. The van der Waals surface area contributed by atoms with Crippen molar-refractivity contribution in [3.8, 4) is 5.69 Å². The summed E-state index contributed by atoms with van der Waals surface area (Å²) < 4.78 is 1.99. The highest BCUT2D eigenvalue weighted by atomic mass is 16.6. The Labute approximate surface area is 118 Å². The van der Waals surface area contributed by atoms with Crippen molar-refractivity contribution in [3.63, 3.8) is 0 Å². The highest BCUT2D eigenvalue weighted by Crippen LogP contribution is 2.14. The van der Waals surface area contributed by atoms with Crippen molar-refractivity contribution in [2.45, 2.75) is 0 Å². The monoisotopic (exact) mass is 291 g/mol. The Bertz CT molecular complexity index is 821. The minimum absolute atomic E-state index is 0.104. The van der Waals surface area contributed by atoms with Gasteiger partial charge in [-0.05, 0) is 6.07 Å². The first kappa shape index (κ1) is 14.4. The van der Waals surface area contributed by atoms with Crippen LogP contribution in [0.2, 0.25) is 0 Å². The molecule has 2 aromatic rings. The third-order valence-electron chi connectivity index (χ3n) is 2.86. The molecule has 0 saturated carbocycles. The highest BCUT2D eigenvalue weighted by molar-refractivity contribution is 5.43. The number of non-ortho nitro benzene ring substituents is 1. The summed E-state index contributed by atoms with van der Waals surface area (Å²) in [7, 11) is 4.77. The van der Waals surface area contributed by atoms with E-state index in [9.17, 15) is 19.7 Å². The fraction of sp³-hybridized carbons (Fsp3) is 0.250. The van der Waals surface area contributed by atoms with Gasteiger partial charge in [-0.15, -0.1) is 0 Å². The molecule has 21 heavy (non-hydrogen) atoms. The maximum Gasteiger partial charge on any atom is 0.359 e. The van der Waals surface area contributed by atoms with E-state index in [1.54, 1.807) is 14.1 Å². The van der Waals surface area contributed by atoms with Crippen molar-refractivity contribution >= 4 is 11.6 Å². The summed E-state index contributed by atoms with van der Waals surface area (Å²) in [6.07, 6.45) is 0. The lowest BCUT2D eigenvalue weighted by molar-refractivity contribution is -0.384. The van der Waals surface area contributed by atoms with Crippen molar-refractivity contribution in [1.82, 2.24) is 14.1 Å². The minimum atomic E-state index is -0.790. The summed E-state index contributed by atoms with van der Waals surface area (Å²) in [5.41, 5.74) is -1.52. The van der Waals surface area contributed by atoms with Gasteiger partial charge in [0.1, 0.15) is 0 Å². The summed E-state index contributed by atoms with van der Waals surface area (Å²) in [5.74, 6) is 0.201. The first-order valence-corrected chi connectivity index (χ1v) is 5.95. The van der Waals surface area contributed by atoms with E-state index in [-0.39, 0.29) is 17.3 Å². The Balaban J connectivity index is 2.74. The van der Waals surface area contributed by atoms with E-state index in [2.05, 4.69) is 4.98 Å². The Morgan fingerprint density at radius 1 is 1.29 bits per heavy atom. The van der Waals surface area contributed by atoms with Crippen molar-refractivity contribution in [2.75, 3.05) is 19.0 Å². The first-order chi connectivity index (χ1) is 9.82. The van der Waals surface area contributed by atoms with Crippen LogP contribution in [0.25, 0.3) is 5.69 Å². The van der Waals surface area contributed by atoms with Gasteiger partial charge < -0.3 is 4.90 Å². The van der Waals surface area contributed by atoms with E-state index in [4.69, 9.17) is 0 Å². The summed E-state index contributed by atoms with van der Waals surface area (Å²) in [5, 5.41) is 10.8. The molecule has 1 aromatic carbocycles. The second kappa shape index (κ2) is 5.19. The Morgan fingerprint density at radius 3 is 2.52 bits per heavy atom. The Morgan fingerprint density at radius 2 is 1.95 bits per heavy atom. The van der Waals surface area contributed by atoms with Crippen LogP contribution in [0, 0.1) is 10.1 Å². The molecule has 0 bridgehead atoms. The third kappa shape index (κ3) is 2.53. The molecule has 0 aliphatic heterocycles. The maximum atomic E-state index is 12.3. The summed E-state index contributed by atoms with van der Waals surface area (Å²) in [6, 6.07) is 5.27. The molecule has 9 nitrogen and oxygen atoms in total. The quantitative estimate of drug-likeness (QED) is 0.578. The molecule has 0 aliphatic carbocycles. The number of nitro benzene ring substituents is 1. The lowest BCUT2D eigenvalue weighted by atomic mass is 10.3. The van der Waals surface area contributed by atoms with Crippen LogP contribution in [0.1, 0.15) is 0 Å². The van der Waals surface area contributed by atoms with Crippen molar-refractivity contribution in [1.29, 1.82) is 0 Å².